The van der Waals surface area contributed by atoms with Crippen LogP contribution < -0.4 is 0 Å². The van der Waals surface area contributed by atoms with Crippen LogP contribution in [0.15, 0.2) is 35.5 Å². The monoisotopic (exact) mass is 353 g/mol. The van der Waals surface area contributed by atoms with E-state index in [0.717, 1.165) is 36.3 Å². The smallest absolute Gasteiger partial charge is 0.0948 e. The lowest BCUT2D eigenvalue weighted by molar-refractivity contribution is -0.0466. The van der Waals surface area contributed by atoms with Crippen LogP contribution in [0.2, 0.25) is 0 Å². The molecule has 4 nitrogen and oxygen atoms in total. The third kappa shape index (κ3) is 2.13. The number of allylic oxidation sites excluding steroid dienone is 2. The molecule has 6 atom stereocenters. The fourth-order valence-electron chi connectivity index (χ4n) is 7.57. The van der Waals surface area contributed by atoms with Gasteiger partial charge in [0.2, 0.25) is 0 Å². The predicted octanol–water partition coefficient (Wildman–Crippen LogP) is 5.22. The first-order valence-corrected chi connectivity index (χ1v) is 10.5. The molecule has 4 heteroatoms. The highest BCUT2D eigenvalue weighted by molar-refractivity contribution is 5.96. The van der Waals surface area contributed by atoms with Gasteiger partial charge in [-0.1, -0.05) is 24.6 Å². The molecular formula is C22H31N3O. The molecule has 0 amide bonds. The Morgan fingerprint density at radius 3 is 2.77 bits per heavy atom. The molecular weight excluding hydrogens is 322 g/mol. The van der Waals surface area contributed by atoms with E-state index in [1.165, 1.54) is 38.5 Å². The molecule has 0 saturated heterocycles. The minimum absolute atomic E-state index is 0.325. The number of hydrogen-bond acceptors (Lipinski definition) is 3. The van der Waals surface area contributed by atoms with Gasteiger partial charge in [0, 0.05) is 18.4 Å². The van der Waals surface area contributed by atoms with Gasteiger partial charge in [-0.05, 0) is 86.0 Å². The zero-order valence-electron chi connectivity index (χ0n) is 16.1. The maximum absolute atomic E-state index is 9.21. The fraction of sp³-hybridized carbons (Fsp3) is 0.727. The first-order valence-electron chi connectivity index (χ1n) is 10.5. The average molecular weight is 354 g/mol. The molecule has 4 aliphatic rings. The molecule has 1 N–H and O–H groups in total. The van der Waals surface area contributed by atoms with Crippen molar-refractivity contribution < 1.29 is 5.21 Å². The van der Waals surface area contributed by atoms with E-state index in [-0.39, 0.29) is 0 Å². The Balaban J connectivity index is 1.47. The Labute approximate surface area is 156 Å². The summed E-state index contributed by atoms with van der Waals surface area (Å²) in [5.41, 5.74) is 3.19. The van der Waals surface area contributed by atoms with E-state index in [1.54, 1.807) is 5.57 Å². The maximum Gasteiger partial charge on any atom is 0.0948 e. The molecule has 1 heterocycles. The molecule has 5 rings (SSSR count). The maximum atomic E-state index is 9.21. The first kappa shape index (κ1) is 16.6. The van der Waals surface area contributed by atoms with Crippen LogP contribution in [0.25, 0.3) is 0 Å². The van der Waals surface area contributed by atoms with Crippen LogP contribution in [0.4, 0.5) is 0 Å². The lowest BCUT2D eigenvalue weighted by Gasteiger charge is -2.58. The molecule has 3 fully saturated rings. The number of nitrogens with zero attached hydrogens (tertiary/aromatic N) is 3. The Kier molecular flexibility index (Phi) is 3.64. The minimum Gasteiger partial charge on any atom is -0.411 e. The summed E-state index contributed by atoms with van der Waals surface area (Å²) in [5.74, 6) is 2.51. The van der Waals surface area contributed by atoms with Crippen molar-refractivity contribution in [2.24, 2.45) is 33.7 Å². The largest absolute Gasteiger partial charge is 0.411 e. The average Bonchev–Trinajstić information content (AvgIpc) is 3.27. The fourth-order valence-corrected chi connectivity index (χ4v) is 7.57. The van der Waals surface area contributed by atoms with E-state index >= 15 is 0 Å². The Morgan fingerprint density at radius 1 is 1.12 bits per heavy atom. The molecule has 0 aliphatic heterocycles. The molecule has 1 unspecified atom stereocenters. The van der Waals surface area contributed by atoms with Gasteiger partial charge < -0.3 is 9.77 Å². The van der Waals surface area contributed by atoms with Crippen molar-refractivity contribution in [1.82, 2.24) is 9.55 Å². The molecule has 1 aromatic heterocycles. The van der Waals surface area contributed by atoms with Gasteiger partial charge in [-0.2, -0.15) is 0 Å². The van der Waals surface area contributed by atoms with Gasteiger partial charge in [-0.3, -0.25) is 0 Å². The summed E-state index contributed by atoms with van der Waals surface area (Å²) in [6, 6.07) is 0.625. The quantitative estimate of drug-likeness (QED) is 0.556. The van der Waals surface area contributed by atoms with Crippen LogP contribution in [0, 0.1) is 28.6 Å². The molecule has 1 aromatic rings. The van der Waals surface area contributed by atoms with Crippen LogP contribution in [-0.2, 0) is 0 Å². The van der Waals surface area contributed by atoms with Crippen molar-refractivity contribution in [2.75, 3.05) is 0 Å². The third-order valence-electron chi connectivity index (χ3n) is 8.94. The Hall–Kier alpha value is -1.58. The minimum atomic E-state index is 0.325. The van der Waals surface area contributed by atoms with Gasteiger partial charge in [0.1, 0.15) is 0 Å². The Bertz CT molecular complexity index is 751. The van der Waals surface area contributed by atoms with Crippen LogP contribution in [0.5, 0.6) is 0 Å². The number of aromatic nitrogens is 2. The van der Waals surface area contributed by atoms with Crippen LogP contribution in [-0.4, -0.2) is 20.5 Å². The predicted molar refractivity (Wildman–Crippen MR) is 102 cm³/mol. The lowest BCUT2D eigenvalue weighted by Crippen LogP contribution is -2.50. The van der Waals surface area contributed by atoms with E-state index < -0.39 is 0 Å². The SMILES string of the molecule is C[C@]12CC/C(=N/O)C=C1CC[C@@H]1[C@@H]2CC[C@]2(C)C(n3ccnc3)CC[C@@H]12. The topological polar surface area (TPSA) is 50.4 Å². The van der Waals surface area contributed by atoms with E-state index in [9.17, 15) is 5.21 Å². The summed E-state index contributed by atoms with van der Waals surface area (Å²) in [7, 11) is 0. The van der Waals surface area contributed by atoms with Crippen molar-refractivity contribution >= 4 is 5.71 Å². The highest BCUT2D eigenvalue weighted by Gasteiger charge is 2.59. The zero-order valence-corrected chi connectivity index (χ0v) is 16.1. The van der Waals surface area contributed by atoms with Gasteiger partial charge in [0.05, 0.1) is 12.0 Å². The molecule has 0 radical (unpaired) electrons. The van der Waals surface area contributed by atoms with E-state index in [1.807, 2.05) is 12.5 Å². The van der Waals surface area contributed by atoms with Gasteiger partial charge in [0.15, 0.2) is 0 Å². The van der Waals surface area contributed by atoms with Gasteiger partial charge in [-0.15, -0.1) is 0 Å². The van der Waals surface area contributed by atoms with Crippen LogP contribution in [0.3, 0.4) is 0 Å². The highest BCUT2D eigenvalue weighted by atomic mass is 16.4. The molecule has 26 heavy (non-hydrogen) atoms. The zero-order chi connectivity index (χ0) is 17.9. The lowest BCUT2D eigenvalue weighted by atomic mass is 9.47. The molecule has 3 saturated carbocycles. The summed E-state index contributed by atoms with van der Waals surface area (Å²) in [6.45, 7) is 5.07. The summed E-state index contributed by atoms with van der Waals surface area (Å²) in [5, 5.41) is 12.7. The first-order chi connectivity index (χ1) is 12.6. The molecule has 140 valence electrons. The van der Waals surface area contributed by atoms with Gasteiger partial charge in [0.25, 0.3) is 0 Å². The highest BCUT2D eigenvalue weighted by Crippen LogP contribution is 2.67. The van der Waals surface area contributed by atoms with Crippen molar-refractivity contribution in [1.29, 1.82) is 0 Å². The second-order valence-electron chi connectivity index (χ2n) is 9.74. The second-order valence-corrected chi connectivity index (χ2v) is 9.74. The molecule has 0 aromatic carbocycles. The summed E-state index contributed by atoms with van der Waals surface area (Å²) in [4.78, 5) is 4.32. The van der Waals surface area contributed by atoms with Crippen molar-refractivity contribution in [3.05, 3.63) is 30.4 Å². The normalized spacial score (nSPS) is 46.4. The van der Waals surface area contributed by atoms with Crippen molar-refractivity contribution in [2.45, 2.75) is 71.3 Å². The van der Waals surface area contributed by atoms with E-state index in [2.05, 4.69) is 40.8 Å². The third-order valence-corrected chi connectivity index (χ3v) is 8.94. The van der Waals surface area contributed by atoms with Gasteiger partial charge >= 0.3 is 0 Å². The summed E-state index contributed by atoms with van der Waals surface area (Å²) in [6.07, 6.45) is 18.3. The van der Waals surface area contributed by atoms with E-state index in [0.29, 0.717) is 16.9 Å². The standard InChI is InChI=1S/C22H31N3O/c1-21-9-7-16(24-26)13-15(21)3-4-17-18-5-6-20(25-12-11-23-14-25)22(18,2)10-8-19(17)21/h11-14,17-20,26H,3-10H2,1-2H3/b24-16-/t17-,18-,19-,20?,21-,22-/m0/s1. The Morgan fingerprint density at radius 2 is 2.00 bits per heavy atom. The van der Waals surface area contributed by atoms with Crippen LogP contribution >= 0.6 is 0 Å². The molecule has 0 bridgehead atoms. The van der Waals surface area contributed by atoms with Crippen LogP contribution in [0.1, 0.15) is 71.3 Å². The molecule has 0 spiro atoms. The van der Waals surface area contributed by atoms with E-state index in [4.69, 9.17) is 0 Å². The summed E-state index contributed by atoms with van der Waals surface area (Å²) >= 11 is 0. The number of fused-ring (bicyclic) bond motifs is 5. The van der Waals surface area contributed by atoms with Gasteiger partial charge in [-0.25, -0.2) is 4.98 Å². The van der Waals surface area contributed by atoms with Crippen molar-refractivity contribution in [3.63, 3.8) is 0 Å². The number of rotatable bonds is 1. The second kappa shape index (κ2) is 5.71. The summed E-state index contributed by atoms with van der Waals surface area (Å²) < 4.78 is 2.39. The number of imidazole rings is 1. The number of hydrogen-bond donors (Lipinski definition) is 1. The molecule has 4 aliphatic carbocycles. The van der Waals surface area contributed by atoms with Crippen molar-refractivity contribution in [3.8, 4) is 0 Å². The number of oxime groups is 1.